The first-order chi connectivity index (χ1) is 11.1. The van der Waals surface area contributed by atoms with Crippen molar-refractivity contribution in [2.75, 3.05) is 6.54 Å². The van der Waals surface area contributed by atoms with Gasteiger partial charge in [0.1, 0.15) is 0 Å². The predicted molar refractivity (Wildman–Crippen MR) is 82.7 cm³/mol. The van der Waals surface area contributed by atoms with Crippen molar-refractivity contribution in [2.45, 2.75) is 12.6 Å². The quantitative estimate of drug-likeness (QED) is 0.247. The molecule has 0 amide bonds. The molecule has 4 N–H and O–H groups in total. The van der Waals surface area contributed by atoms with Crippen LogP contribution in [0.3, 0.4) is 0 Å². The molecule has 0 aromatic heterocycles. The standard InChI is InChI=1S/C14H12ClF3N4O2/c15-12(19)11(22(23)24)13(20)21-8-4-3-6-9-5-1-2-7-10(9)14(16,17)18/h1-2,5,7,19,21H,4,8,20H2/b13-11-,19-12?. The third-order valence-electron chi connectivity index (χ3n) is 2.67. The average Bonchev–Trinajstić information content (AvgIpc) is 2.45. The Morgan fingerprint density at radius 1 is 1.42 bits per heavy atom. The zero-order valence-electron chi connectivity index (χ0n) is 12.1. The molecule has 0 unspecified atom stereocenters. The molecule has 0 radical (unpaired) electrons. The number of allylic oxidation sites excluding steroid dienone is 1. The summed E-state index contributed by atoms with van der Waals surface area (Å²) in [6.07, 6.45) is -4.43. The Morgan fingerprint density at radius 3 is 2.58 bits per heavy atom. The van der Waals surface area contributed by atoms with E-state index in [1.165, 1.54) is 18.2 Å². The zero-order valence-corrected chi connectivity index (χ0v) is 12.8. The van der Waals surface area contributed by atoms with Gasteiger partial charge in [0.15, 0.2) is 5.82 Å². The van der Waals surface area contributed by atoms with Crippen LogP contribution in [0.5, 0.6) is 0 Å². The second-order valence-corrected chi connectivity index (χ2v) is 4.73. The molecule has 0 bridgehead atoms. The normalized spacial score (nSPS) is 11.8. The molecule has 0 saturated heterocycles. The molecule has 0 fully saturated rings. The number of benzene rings is 1. The minimum Gasteiger partial charge on any atom is -0.380 e. The molecule has 0 aliphatic carbocycles. The fourth-order valence-corrected chi connectivity index (χ4v) is 1.81. The first-order valence-corrected chi connectivity index (χ1v) is 6.80. The van der Waals surface area contributed by atoms with Gasteiger partial charge in [-0.2, -0.15) is 13.2 Å². The van der Waals surface area contributed by atoms with Gasteiger partial charge in [0, 0.05) is 18.5 Å². The van der Waals surface area contributed by atoms with Gasteiger partial charge in [0.2, 0.25) is 5.17 Å². The number of nitrogens with zero attached hydrogens (tertiary/aromatic N) is 1. The van der Waals surface area contributed by atoms with Crippen LogP contribution in [0.25, 0.3) is 0 Å². The summed E-state index contributed by atoms with van der Waals surface area (Å²) < 4.78 is 38.3. The number of hydrogen-bond acceptors (Lipinski definition) is 5. The van der Waals surface area contributed by atoms with Crippen molar-refractivity contribution in [1.82, 2.24) is 5.32 Å². The number of halogens is 4. The summed E-state index contributed by atoms with van der Waals surface area (Å²) in [4.78, 5) is 9.74. The molecule has 6 nitrogen and oxygen atoms in total. The van der Waals surface area contributed by atoms with Crippen molar-refractivity contribution in [3.8, 4) is 11.8 Å². The summed E-state index contributed by atoms with van der Waals surface area (Å²) in [5.74, 6) is 4.50. The van der Waals surface area contributed by atoms with E-state index in [1.807, 2.05) is 0 Å². The van der Waals surface area contributed by atoms with Crippen molar-refractivity contribution in [3.63, 3.8) is 0 Å². The summed E-state index contributed by atoms with van der Waals surface area (Å²) in [6, 6.07) is 4.88. The molecule has 0 aliphatic rings. The van der Waals surface area contributed by atoms with Crippen LogP contribution in [-0.2, 0) is 6.18 Å². The van der Waals surface area contributed by atoms with Crippen LogP contribution < -0.4 is 11.1 Å². The lowest BCUT2D eigenvalue weighted by Crippen LogP contribution is -2.27. The molecular weight excluding hydrogens is 349 g/mol. The maximum absolute atomic E-state index is 12.8. The lowest BCUT2D eigenvalue weighted by atomic mass is 10.1. The number of nitrogens with two attached hydrogens (primary N) is 1. The molecule has 1 rings (SSSR count). The molecule has 0 heterocycles. The van der Waals surface area contributed by atoms with Crippen molar-refractivity contribution in [3.05, 3.63) is 57.0 Å². The SMILES string of the molecule is N=C(Cl)/C(=C(\N)NCCC#Cc1ccccc1C(F)(F)F)[N+](=O)[O-]. The van der Waals surface area contributed by atoms with Gasteiger partial charge < -0.3 is 11.1 Å². The monoisotopic (exact) mass is 360 g/mol. The Morgan fingerprint density at radius 2 is 2.04 bits per heavy atom. The van der Waals surface area contributed by atoms with Gasteiger partial charge in [-0.3, -0.25) is 15.5 Å². The van der Waals surface area contributed by atoms with Gasteiger partial charge in [-0.25, -0.2) is 0 Å². The van der Waals surface area contributed by atoms with E-state index in [1.54, 1.807) is 0 Å². The summed E-state index contributed by atoms with van der Waals surface area (Å²) in [7, 11) is 0. The second-order valence-electron chi connectivity index (χ2n) is 4.36. The summed E-state index contributed by atoms with van der Waals surface area (Å²) >= 11 is 5.24. The van der Waals surface area contributed by atoms with Crippen molar-refractivity contribution >= 4 is 16.8 Å². The summed E-state index contributed by atoms with van der Waals surface area (Å²) in [5.41, 5.74) is 3.61. The van der Waals surface area contributed by atoms with E-state index < -0.39 is 33.4 Å². The highest BCUT2D eigenvalue weighted by molar-refractivity contribution is 6.68. The van der Waals surface area contributed by atoms with Crippen LogP contribution in [0.2, 0.25) is 0 Å². The lowest BCUT2D eigenvalue weighted by Gasteiger charge is -2.08. The maximum Gasteiger partial charge on any atom is 0.417 e. The minimum atomic E-state index is -4.50. The third-order valence-corrected chi connectivity index (χ3v) is 2.85. The highest BCUT2D eigenvalue weighted by Gasteiger charge is 2.32. The summed E-state index contributed by atoms with van der Waals surface area (Å²) in [5, 5.41) is 19.3. The number of rotatable bonds is 5. The van der Waals surface area contributed by atoms with Crippen LogP contribution in [0, 0.1) is 27.4 Å². The smallest absolute Gasteiger partial charge is 0.380 e. The fraction of sp³-hybridized carbons (Fsp3) is 0.214. The van der Waals surface area contributed by atoms with Crippen molar-refractivity contribution in [2.24, 2.45) is 5.73 Å². The van der Waals surface area contributed by atoms with E-state index in [4.69, 9.17) is 22.7 Å². The Bertz CT molecular complexity index is 720. The molecule has 0 saturated carbocycles. The average molecular weight is 361 g/mol. The van der Waals surface area contributed by atoms with Crippen LogP contribution in [0.1, 0.15) is 17.5 Å². The molecule has 1 aromatic rings. The van der Waals surface area contributed by atoms with E-state index >= 15 is 0 Å². The largest absolute Gasteiger partial charge is 0.417 e. The van der Waals surface area contributed by atoms with E-state index in [9.17, 15) is 23.3 Å². The van der Waals surface area contributed by atoms with Crippen LogP contribution >= 0.6 is 11.6 Å². The number of nitrogens with one attached hydrogen (secondary N) is 2. The summed E-state index contributed by atoms with van der Waals surface area (Å²) in [6.45, 7) is 0.0362. The van der Waals surface area contributed by atoms with Crippen LogP contribution in [0.4, 0.5) is 13.2 Å². The molecule has 1 aromatic carbocycles. The minimum absolute atomic E-state index is 0.0362. The number of nitro groups is 1. The van der Waals surface area contributed by atoms with Crippen molar-refractivity contribution in [1.29, 1.82) is 5.41 Å². The maximum atomic E-state index is 12.8. The van der Waals surface area contributed by atoms with Gasteiger partial charge in [-0.15, -0.1) is 0 Å². The third kappa shape index (κ3) is 5.48. The fourth-order valence-electron chi connectivity index (χ4n) is 1.64. The Hall–Kier alpha value is -2.73. The molecule has 0 spiro atoms. The molecule has 128 valence electrons. The van der Waals surface area contributed by atoms with Gasteiger partial charge >= 0.3 is 11.9 Å². The first-order valence-electron chi connectivity index (χ1n) is 6.42. The first kappa shape index (κ1) is 19.3. The van der Waals surface area contributed by atoms with Gasteiger partial charge in [0.05, 0.1) is 10.5 Å². The van der Waals surface area contributed by atoms with E-state index in [0.29, 0.717) is 0 Å². The lowest BCUT2D eigenvalue weighted by molar-refractivity contribution is -0.416. The Labute approximate surface area is 140 Å². The van der Waals surface area contributed by atoms with Crippen molar-refractivity contribution < 1.29 is 18.1 Å². The predicted octanol–water partition coefficient (Wildman–Crippen LogP) is 2.66. The highest BCUT2D eigenvalue weighted by atomic mass is 35.5. The molecule has 0 atom stereocenters. The zero-order chi connectivity index (χ0) is 18.3. The Kier molecular flexibility index (Phi) is 6.61. The van der Waals surface area contributed by atoms with Crippen LogP contribution in [-0.4, -0.2) is 16.6 Å². The van der Waals surface area contributed by atoms with Gasteiger partial charge in [-0.05, 0) is 12.1 Å². The Balaban J connectivity index is 2.75. The van der Waals surface area contributed by atoms with Gasteiger partial charge in [0.25, 0.3) is 0 Å². The van der Waals surface area contributed by atoms with E-state index in [0.717, 1.165) is 6.07 Å². The van der Waals surface area contributed by atoms with E-state index in [2.05, 4.69) is 17.2 Å². The molecular formula is C14H12ClF3N4O2. The topological polar surface area (TPSA) is 105 Å². The van der Waals surface area contributed by atoms with E-state index in [-0.39, 0.29) is 18.5 Å². The van der Waals surface area contributed by atoms with Crippen LogP contribution in [0.15, 0.2) is 35.8 Å². The second kappa shape index (κ2) is 8.21. The molecule has 10 heteroatoms. The number of hydrogen-bond donors (Lipinski definition) is 3. The molecule has 24 heavy (non-hydrogen) atoms. The highest BCUT2D eigenvalue weighted by Crippen LogP contribution is 2.31. The number of alkyl halides is 3. The molecule has 0 aliphatic heterocycles. The van der Waals surface area contributed by atoms with Gasteiger partial charge in [-0.1, -0.05) is 35.6 Å².